The maximum atomic E-state index is 12.6. The third-order valence-electron chi connectivity index (χ3n) is 3.95. The van der Waals surface area contributed by atoms with Gasteiger partial charge in [-0.05, 0) is 54.1 Å². The Labute approximate surface area is 181 Å². The number of halogens is 1. The highest BCUT2D eigenvalue weighted by molar-refractivity contribution is 7.92. The van der Waals surface area contributed by atoms with Gasteiger partial charge in [-0.15, -0.1) is 0 Å². The second kappa shape index (κ2) is 8.90. The Hall–Kier alpha value is -3.83. The summed E-state index contributed by atoms with van der Waals surface area (Å²) < 4.78 is 27.5. The highest BCUT2D eigenvalue weighted by Crippen LogP contribution is 2.29. The molecule has 0 fully saturated rings. The first-order valence-electron chi connectivity index (χ1n) is 8.53. The van der Waals surface area contributed by atoms with Crippen LogP contribution in [0.4, 0.5) is 17.1 Å². The number of hydrogen-bond acceptors (Lipinski definition) is 8. The molecule has 12 heteroatoms. The molecule has 0 amide bonds. The van der Waals surface area contributed by atoms with Gasteiger partial charge in [0.1, 0.15) is 5.69 Å². The molecule has 10 nitrogen and oxygen atoms in total. The summed E-state index contributed by atoms with van der Waals surface area (Å²) in [6.07, 6.45) is 1.26. The van der Waals surface area contributed by atoms with Crippen LogP contribution in [0.2, 0.25) is 5.02 Å². The van der Waals surface area contributed by atoms with Crippen molar-refractivity contribution in [2.75, 3.05) is 10.1 Å². The lowest BCUT2D eigenvalue weighted by Gasteiger charge is -2.09. The first kappa shape index (κ1) is 21.9. The van der Waals surface area contributed by atoms with E-state index in [1.807, 2.05) is 0 Å². The SMILES string of the molecule is O=[N+]([O-])c1cc(S(=O)(=O)Nc2cccc(Cl)c2)ccc1NN=Cc1ccc(O)c(O)c1. The third-order valence-corrected chi connectivity index (χ3v) is 5.57. The van der Waals surface area contributed by atoms with Crippen LogP contribution in [-0.2, 0) is 10.0 Å². The van der Waals surface area contributed by atoms with E-state index in [1.54, 1.807) is 12.1 Å². The summed E-state index contributed by atoms with van der Waals surface area (Å²) in [5.41, 5.74) is 2.52. The molecule has 0 aliphatic carbocycles. The van der Waals surface area contributed by atoms with Crippen LogP contribution in [0.15, 0.2) is 70.7 Å². The first-order valence-corrected chi connectivity index (χ1v) is 10.4. The fourth-order valence-electron chi connectivity index (χ4n) is 2.49. The smallest absolute Gasteiger partial charge is 0.295 e. The molecule has 0 unspecified atom stereocenters. The highest BCUT2D eigenvalue weighted by atomic mass is 35.5. The van der Waals surface area contributed by atoms with E-state index in [0.717, 1.165) is 6.07 Å². The molecule has 0 radical (unpaired) electrons. The minimum atomic E-state index is -4.11. The molecule has 0 aliphatic heterocycles. The number of nitro groups is 1. The van der Waals surface area contributed by atoms with Crippen molar-refractivity contribution in [2.45, 2.75) is 4.90 Å². The van der Waals surface area contributed by atoms with Gasteiger partial charge in [0.05, 0.1) is 21.7 Å². The van der Waals surface area contributed by atoms with Gasteiger partial charge in [0, 0.05) is 11.1 Å². The van der Waals surface area contributed by atoms with Gasteiger partial charge in [0.15, 0.2) is 11.5 Å². The fraction of sp³-hybridized carbons (Fsp3) is 0. The van der Waals surface area contributed by atoms with E-state index >= 15 is 0 Å². The van der Waals surface area contributed by atoms with Gasteiger partial charge in [0.25, 0.3) is 15.7 Å². The Balaban J connectivity index is 1.84. The number of benzene rings is 3. The summed E-state index contributed by atoms with van der Waals surface area (Å²) in [5.74, 6) is -0.652. The number of hydrazone groups is 1. The zero-order valence-electron chi connectivity index (χ0n) is 15.6. The molecule has 4 N–H and O–H groups in total. The van der Waals surface area contributed by atoms with Crippen molar-refractivity contribution in [3.05, 3.63) is 81.4 Å². The molecule has 0 spiro atoms. The van der Waals surface area contributed by atoms with E-state index in [9.17, 15) is 28.7 Å². The number of aromatic hydroxyl groups is 2. The van der Waals surface area contributed by atoms with Crippen LogP contribution in [0.5, 0.6) is 11.5 Å². The normalized spacial score (nSPS) is 11.4. The Morgan fingerprint density at radius 3 is 2.48 bits per heavy atom. The third kappa shape index (κ3) is 5.41. The summed E-state index contributed by atoms with van der Waals surface area (Å²) in [5, 5.41) is 34.4. The van der Waals surface area contributed by atoms with Gasteiger partial charge >= 0.3 is 0 Å². The second-order valence-corrected chi connectivity index (χ2v) is 8.29. The van der Waals surface area contributed by atoms with Crippen LogP contribution in [-0.4, -0.2) is 29.8 Å². The summed E-state index contributed by atoms with van der Waals surface area (Å²) in [6.45, 7) is 0. The van der Waals surface area contributed by atoms with E-state index in [0.29, 0.717) is 10.6 Å². The van der Waals surface area contributed by atoms with Gasteiger partial charge < -0.3 is 10.2 Å². The van der Waals surface area contributed by atoms with Crippen molar-refractivity contribution < 1.29 is 23.6 Å². The molecule has 3 rings (SSSR count). The summed E-state index contributed by atoms with van der Waals surface area (Å²) >= 11 is 5.84. The zero-order valence-corrected chi connectivity index (χ0v) is 17.1. The second-order valence-electron chi connectivity index (χ2n) is 6.17. The molecule has 0 saturated carbocycles. The van der Waals surface area contributed by atoms with Gasteiger partial charge in [-0.2, -0.15) is 5.10 Å². The van der Waals surface area contributed by atoms with Gasteiger partial charge in [-0.25, -0.2) is 8.42 Å². The molecule has 31 heavy (non-hydrogen) atoms. The van der Waals surface area contributed by atoms with E-state index in [-0.39, 0.29) is 27.8 Å². The number of phenolic OH excluding ortho intramolecular Hbond substituents is 2. The van der Waals surface area contributed by atoms with Crippen LogP contribution >= 0.6 is 11.6 Å². The molecule has 0 bridgehead atoms. The first-order chi connectivity index (χ1) is 14.7. The number of rotatable bonds is 7. The molecule has 0 aliphatic rings. The Morgan fingerprint density at radius 1 is 1.03 bits per heavy atom. The molecule has 0 heterocycles. The predicted octanol–water partition coefficient (Wildman–Crippen LogP) is 3.91. The molecule has 0 saturated heterocycles. The summed E-state index contributed by atoms with van der Waals surface area (Å²) in [6, 6.07) is 13.3. The van der Waals surface area contributed by atoms with Crippen LogP contribution in [0.25, 0.3) is 0 Å². The molecule has 3 aromatic rings. The van der Waals surface area contributed by atoms with Crippen LogP contribution in [0.3, 0.4) is 0 Å². The fourth-order valence-corrected chi connectivity index (χ4v) is 3.75. The van der Waals surface area contributed by atoms with Crippen molar-refractivity contribution in [2.24, 2.45) is 5.10 Å². The number of hydrogen-bond donors (Lipinski definition) is 4. The van der Waals surface area contributed by atoms with Gasteiger partial charge in [-0.1, -0.05) is 17.7 Å². The average Bonchev–Trinajstić information content (AvgIpc) is 2.70. The molecule has 0 aromatic heterocycles. The summed E-state index contributed by atoms with van der Waals surface area (Å²) in [7, 11) is -4.11. The average molecular weight is 463 g/mol. The molecule has 3 aromatic carbocycles. The molecule has 0 atom stereocenters. The van der Waals surface area contributed by atoms with Crippen LogP contribution in [0.1, 0.15) is 5.56 Å². The van der Waals surface area contributed by atoms with Crippen molar-refractivity contribution in [1.82, 2.24) is 0 Å². The van der Waals surface area contributed by atoms with Gasteiger partial charge in [0.2, 0.25) is 0 Å². The lowest BCUT2D eigenvalue weighted by Crippen LogP contribution is -2.13. The Kier molecular flexibility index (Phi) is 6.28. The monoisotopic (exact) mass is 462 g/mol. The number of anilines is 2. The number of sulfonamides is 1. The highest BCUT2D eigenvalue weighted by Gasteiger charge is 2.21. The van der Waals surface area contributed by atoms with E-state index in [2.05, 4.69) is 15.2 Å². The minimum Gasteiger partial charge on any atom is -0.504 e. The van der Waals surface area contributed by atoms with Gasteiger partial charge in [-0.3, -0.25) is 20.3 Å². The predicted molar refractivity (Wildman–Crippen MR) is 116 cm³/mol. The van der Waals surface area contributed by atoms with Crippen molar-refractivity contribution in [3.63, 3.8) is 0 Å². The van der Waals surface area contributed by atoms with Crippen molar-refractivity contribution >= 4 is 44.9 Å². The summed E-state index contributed by atoms with van der Waals surface area (Å²) in [4.78, 5) is 10.4. The van der Waals surface area contributed by atoms with E-state index < -0.39 is 20.6 Å². The molecular formula is C19H15ClN4O6S. The van der Waals surface area contributed by atoms with Crippen LogP contribution < -0.4 is 10.1 Å². The van der Waals surface area contributed by atoms with Crippen molar-refractivity contribution in [3.8, 4) is 11.5 Å². The minimum absolute atomic E-state index is 0.0500. The quantitative estimate of drug-likeness (QED) is 0.179. The number of nitrogens with one attached hydrogen (secondary N) is 2. The standard InChI is InChI=1S/C19H15ClN4O6S/c20-13-2-1-3-14(9-13)23-31(29,30)15-5-6-16(17(10-15)24(27)28)22-21-11-12-4-7-18(25)19(26)8-12/h1-11,22-23,25-26H. The topological polar surface area (TPSA) is 154 Å². The largest absolute Gasteiger partial charge is 0.504 e. The number of phenols is 2. The lowest BCUT2D eigenvalue weighted by atomic mass is 10.2. The maximum Gasteiger partial charge on any atom is 0.295 e. The van der Waals surface area contributed by atoms with E-state index in [4.69, 9.17) is 11.6 Å². The van der Waals surface area contributed by atoms with Crippen molar-refractivity contribution in [1.29, 1.82) is 0 Å². The Bertz CT molecular complexity index is 1280. The Morgan fingerprint density at radius 2 is 1.81 bits per heavy atom. The maximum absolute atomic E-state index is 12.6. The molecule has 160 valence electrons. The lowest BCUT2D eigenvalue weighted by molar-refractivity contribution is -0.384. The van der Waals surface area contributed by atoms with Crippen LogP contribution in [0, 0.1) is 10.1 Å². The molecular weight excluding hydrogens is 448 g/mol. The number of nitrogens with zero attached hydrogens (tertiary/aromatic N) is 2. The number of nitro benzene ring substituents is 1. The zero-order chi connectivity index (χ0) is 22.6. The van der Waals surface area contributed by atoms with E-state index in [1.165, 1.54) is 48.7 Å².